The lowest BCUT2D eigenvalue weighted by molar-refractivity contribution is -0.137. The van der Waals surface area contributed by atoms with Crippen molar-refractivity contribution in [3.05, 3.63) is 74.3 Å². The minimum Gasteiger partial charge on any atom is -0.493 e. The lowest BCUT2D eigenvalue weighted by Gasteiger charge is -2.26. The Labute approximate surface area is 213 Å². The second-order valence-electron chi connectivity index (χ2n) is 9.67. The van der Waals surface area contributed by atoms with E-state index >= 15 is 0 Å². The van der Waals surface area contributed by atoms with Crippen LogP contribution in [-0.2, 0) is 16.6 Å². The quantitative estimate of drug-likeness (QED) is 0.291. The van der Waals surface area contributed by atoms with Crippen molar-refractivity contribution < 1.29 is 19.4 Å². The first kappa shape index (κ1) is 25.6. The van der Waals surface area contributed by atoms with E-state index in [9.17, 15) is 19.5 Å². The van der Waals surface area contributed by atoms with Crippen LogP contribution in [0.1, 0.15) is 31.9 Å². The fraction of sp³-hybridized carbons (Fsp3) is 0.296. The maximum Gasteiger partial charge on any atom is 0.326 e. The second kappa shape index (κ2) is 9.88. The molecule has 0 spiro atoms. The molecule has 37 heavy (non-hydrogen) atoms. The molecule has 0 aliphatic rings. The van der Waals surface area contributed by atoms with Crippen LogP contribution in [0.5, 0.6) is 11.5 Å². The first-order valence-electron chi connectivity index (χ1n) is 11.6. The van der Waals surface area contributed by atoms with Gasteiger partial charge in [-0.3, -0.25) is 9.59 Å². The molecule has 1 aromatic heterocycles. The summed E-state index contributed by atoms with van der Waals surface area (Å²) in [6, 6.07) is 9.68. The van der Waals surface area contributed by atoms with Gasteiger partial charge in [0.05, 0.1) is 25.4 Å². The number of aromatic nitrogens is 2. The first-order chi connectivity index (χ1) is 17.5. The number of nitrogens with one attached hydrogen (secondary N) is 2. The van der Waals surface area contributed by atoms with Crippen molar-refractivity contribution in [1.29, 1.82) is 0 Å². The zero-order chi connectivity index (χ0) is 26.9. The van der Waals surface area contributed by atoms with E-state index in [4.69, 9.17) is 9.47 Å². The standard InChI is InChI=1S/C27H28N4O6/c1-27(2,3)21-22(24(33)23(21)32)31-18(26(34)35)10-14-6-8-15(9-7-14)30-25-16-11-19(36-4)20(37-5)12-17(16)28-13-29-25/h6-9,11-13,18,31H,10H2,1-5H3,(H,34,35)(H,28,29,30). The number of rotatable bonds is 9. The van der Waals surface area contributed by atoms with Crippen LogP contribution in [0.2, 0.25) is 0 Å². The highest BCUT2D eigenvalue weighted by Gasteiger charge is 2.32. The largest absolute Gasteiger partial charge is 0.493 e. The predicted molar refractivity (Wildman–Crippen MR) is 141 cm³/mol. The van der Waals surface area contributed by atoms with Gasteiger partial charge < -0.3 is 25.2 Å². The van der Waals surface area contributed by atoms with E-state index in [0.29, 0.717) is 28.4 Å². The van der Waals surface area contributed by atoms with Crippen LogP contribution in [0.4, 0.5) is 17.2 Å². The monoisotopic (exact) mass is 504 g/mol. The average Bonchev–Trinajstić information content (AvgIpc) is 2.86. The van der Waals surface area contributed by atoms with Gasteiger partial charge in [-0.1, -0.05) is 32.9 Å². The van der Waals surface area contributed by atoms with Crippen LogP contribution >= 0.6 is 0 Å². The molecule has 0 amide bonds. The number of carboxylic acid groups (broad SMARTS) is 1. The fourth-order valence-electron chi connectivity index (χ4n) is 4.20. The zero-order valence-corrected chi connectivity index (χ0v) is 21.2. The summed E-state index contributed by atoms with van der Waals surface area (Å²) < 4.78 is 10.7. The Kier molecular flexibility index (Phi) is 6.84. The third-order valence-electron chi connectivity index (χ3n) is 6.07. The summed E-state index contributed by atoms with van der Waals surface area (Å²) in [5.74, 6) is 0.557. The van der Waals surface area contributed by atoms with E-state index in [2.05, 4.69) is 20.6 Å². The van der Waals surface area contributed by atoms with E-state index in [1.165, 1.54) is 6.33 Å². The third-order valence-corrected chi connectivity index (χ3v) is 6.07. The molecule has 1 atom stereocenters. The van der Waals surface area contributed by atoms with Gasteiger partial charge in [0.2, 0.25) is 10.9 Å². The number of ether oxygens (including phenoxy) is 2. The zero-order valence-electron chi connectivity index (χ0n) is 21.2. The molecule has 3 aromatic carbocycles. The van der Waals surface area contributed by atoms with Crippen LogP contribution in [-0.4, -0.2) is 41.3 Å². The topological polar surface area (TPSA) is 140 Å². The van der Waals surface area contributed by atoms with Crippen LogP contribution in [0.3, 0.4) is 0 Å². The molecule has 0 fully saturated rings. The summed E-state index contributed by atoms with van der Waals surface area (Å²) in [5.41, 5.74) is 0.751. The van der Waals surface area contributed by atoms with E-state index in [1.807, 2.05) is 20.8 Å². The number of carboxylic acids is 1. The molecule has 0 saturated heterocycles. The maximum absolute atomic E-state index is 12.1. The van der Waals surface area contributed by atoms with Crippen LogP contribution in [0.25, 0.3) is 10.9 Å². The van der Waals surface area contributed by atoms with Crippen molar-refractivity contribution in [3.8, 4) is 11.5 Å². The number of aliphatic carboxylic acids is 1. The number of anilines is 3. The van der Waals surface area contributed by atoms with Crippen molar-refractivity contribution >= 4 is 34.1 Å². The summed E-state index contributed by atoms with van der Waals surface area (Å²) >= 11 is 0. The Hall–Kier alpha value is -4.47. The highest BCUT2D eigenvalue weighted by atomic mass is 16.5. The molecule has 10 nitrogen and oxygen atoms in total. The Morgan fingerprint density at radius 2 is 1.65 bits per heavy atom. The summed E-state index contributed by atoms with van der Waals surface area (Å²) in [4.78, 5) is 44.7. The predicted octanol–water partition coefficient (Wildman–Crippen LogP) is 3.39. The highest BCUT2D eigenvalue weighted by Crippen LogP contribution is 2.34. The van der Waals surface area contributed by atoms with Crippen molar-refractivity contribution in [2.75, 3.05) is 24.9 Å². The molecule has 0 radical (unpaired) electrons. The number of hydrogen-bond donors (Lipinski definition) is 3. The molecular formula is C27H28N4O6. The first-order valence-corrected chi connectivity index (χ1v) is 11.6. The lowest BCUT2D eigenvalue weighted by atomic mass is 9.82. The summed E-state index contributed by atoms with van der Waals surface area (Å²) in [7, 11) is 3.11. The highest BCUT2D eigenvalue weighted by molar-refractivity contribution is 5.93. The number of methoxy groups -OCH3 is 2. The number of fused-ring (bicyclic) bond motifs is 1. The van der Waals surface area contributed by atoms with E-state index < -0.39 is 28.3 Å². The molecule has 192 valence electrons. The number of nitrogens with zero attached hydrogens (tertiary/aromatic N) is 2. The van der Waals surface area contributed by atoms with Gasteiger partial charge >= 0.3 is 5.97 Å². The normalized spacial score (nSPS) is 12.4. The van der Waals surface area contributed by atoms with Crippen LogP contribution in [0.15, 0.2) is 52.3 Å². The second-order valence-corrected chi connectivity index (χ2v) is 9.67. The lowest BCUT2D eigenvalue weighted by Crippen LogP contribution is -2.46. The minimum absolute atomic E-state index is 0.0888. The molecular weight excluding hydrogens is 476 g/mol. The van der Waals surface area contributed by atoms with Gasteiger partial charge in [-0.15, -0.1) is 0 Å². The number of hydrogen-bond acceptors (Lipinski definition) is 9. The van der Waals surface area contributed by atoms with Crippen molar-refractivity contribution in [3.63, 3.8) is 0 Å². The van der Waals surface area contributed by atoms with Gasteiger partial charge in [0, 0.05) is 29.1 Å². The third kappa shape index (κ3) is 5.09. The Morgan fingerprint density at radius 1 is 1.00 bits per heavy atom. The molecule has 4 rings (SSSR count). The van der Waals surface area contributed by atoms with Gasteiger partial charge in [-0.05, 0) is 29.2 Å². The average molecular weight is 505 g/mol. The smallest absolute Gasteiger partial charge is 0.326 e. The van der Waals surface area contributed by atoms with E-state index in [0.717, 1.165) is 16.6 Å². The summed E-state index contributed by atoms with van der Waals surface area (Å²) in [5, 5.41) is 16.5. The van der Waals surface area contributed by atoms with Crippen LogP contribution < -0.4 is 31.0 Å². The van der Waals surface area contributed by atoms with E-state index in [1.54, 1.807) is 50.6 Å². The van der Waals surface area contributed by atoms with Gasteiger partial charge in [0.1, 0.15) is 18.2 Å². The van der Waals surface area contributed by atoms with Gasteiger partial charge in [-0.2, -0.15) is 0 Å². The Balaban J connectivity index is 1.53. The fourth-order valence-corrected chi connectivity index (χ4v) is 4.20. The van der Waals surface area contributed by atoms with Crippen molar-refractivity contribution in [2.45, 2.75) is 38.6 Å². The van der Waals surface area contributed by atoms with Gasteiger partial charge in [0.25, 0.3) is 0 Å². The molecule has 0 aliphatic heterocycles. The molecule has 1 unspecified atom stereocenters. The summed E-state index contributed by atoms with van der Waals surface area (Å²) in [6.07, 6.45) is 1.56. The van der Waals surface area contributed by atoms with Crippen molar-refractivity contribution in [2.24, 2.45) is 0 Å². The molecule has 3 N–H and O–H groups in total. The number of carbonyl (C=O) groups is 1. The Bertz CT molecular complexity index is 1530. The van der Waals surface area contributed by atoms with Gasteiger partial charge in [0.15, 0.2) is 11.5 Å². The molecule has 4 aromatic rings. The van der Waals surface area contributed by atoms with Crippen LogP contribution in [0, 0.1) is 0 Å². The minimum atomic E-state index is -1.12. The Morgan fingerprint density at radius 3 is 2.24 bits per heavy atom. The molecule has 0 saturated carbocycles. The molecule has 1 heterocycles. The van der Waals surface area contributed by atoms with E-state index in [-0.39, 0.29) is 12.1 Å². The number of benzene rings is 2. The SMILES string of the molecule is COc1cc2ncnc(Nc3ccc(CC(Nc4c(C(C)(C)C)c(=O)c4=O)C(=O)O)cc3)c2cc1OC. The van der Waals surface area contributed by atoms with Crippen molar-refractivity contribution in [1.82, 2.24) is 9.97 Å². The molecule has 10 heteroatoms. The maximum atomic E-state index is 12.1. The molecule has 0 aliphatic carbocycles. The molecule has 0 bridgehead atoms. The van der Waals surface area contributed by atoms with Gasteiger partial charge in [-0.25, -0.2) is 14.8 Å². The summed E-state index contributed by atoms with van der Waals surface area (Å²) in [6.45, 7) is 5.43.